The fourth-order valence-electron chi connectivity index (χ4n) is 2.55. The number of aryl methyl sites for hydroxylation is 1. The van der Waals surface area contributed by atoms with Gasteiger partial charge in [0.25, 0.3) is 0 Å². The molecule has 3 aromatic heterocycles. The summed E-state index contributed by atoms with van der Waals surface area (Å²) in [5, 5.41) is 11.4. The number of nitrogens with two attached hydrogens (primary N) is 1. The fraction of sp³-hybridized carbons (Fsp3) is 0.0556. The maximum Gasteiger partial charge on any atom is 0.248 e. The van der Waals surface area contributed by atoms with Crippen molar-refractivity contribution in [3.63, 3.8) is 0 Å². The molecule has 25 heavy (non-hydrogen) atoms. The molecule has 0 bridgehead atoms. The van der Waals surface area contributed by atoms with Crippen LogP contribution < -0.4 is 11.1 Å². The number of amides is 1. The van der Waals surface area contributed by atoms with Crippen molar-refractivity contribution in [2.75, 3.05) is 5.32 Å². The lowest BCUT2D eigenvalue weighted by atomic mass is 10.1. The van der Waals surface area contributed by atoms with Gasteiger partial charge in [-0.3, -0.25) is 4.79 Å². The molecule has 1 amide bonds. The standard InChI is InChI=1S/C18H14N4O2S/c1-10-16-17(24-22-10)15(8-14(21-16)12-6-7-25-9-12)20-13-4-2-11(3-5-13)18(19)23/h2-9H,1H3,(H2,19,23)(H,20,21). The predicted molar refractivity (Wildman–Crippen MR) is 98.1 cm³/mol. The first-order chi connectivity index (χ1) is 12.1. The average molecular weight is 350 g/mol. The van der Waals surface area contributed by atoms with Crippen molar-refractivity contribution < 1.29 is 9.32 Å². The number of hydrogen-bond donors (Lipinski definition) is 2. The van der Waals surface area contributed by atoms with Gasteiger partial charge in [0.05, 0.1) is 11.4 Å². The molecule has 0 unspecified atom stereocenters. The molecule has 4 aromatic rings. The van der Waals surface area contributed by atoms with E-state index in [0.717, 1.165) is 33.8 Å². The highest BCUT2D eigenvalue weighted by atomic mass is 32.1. The van der Waals surface area contributed by atoms with E-state index in [1.807, 2.05) is 29.8 Å². The van der Waals surface area contributed by atoms with E-state index >= 15 is 0 Å². The van der Waals surface area contributed by atoms with Gasteiger partial charge in [-0.2, -0.15) is 11.3 Å². The molecule has 3 heterocycles. The van der Waals surface area contributed by atoms with Gasteiger partial charge in [0.2, 0.25) is 11.5 Å². The Balaban J connectivity index is 1.79. The summed E-state index contributed by atoms with van der Waals surface area (Å²) in [6, 6.07) is 10.9. The highest BCUT2D eigenvalue weighted by Crippen LogP contribution is 2.32. The molecule has 0 aliphatic heterocycles. The number of thiophene rings is 1. The highest BCUT2D eigenvalue weighted by molar-refractivity contribution is 7.08. The number of rotatable bonds is 4. The van der Waals surface area contributed by atoms with Gasteiger partial charge < -0.3 is 15.6 Å². The largest absolute Gasteiger partial charge is 0.366 e. The Morgan fingerprint density at radius 2 is 2.04 bits per heavy atom. The zero-order valence-corrected chi connectivity index (χ0v) is 14.1. The van der Waals surface area contributed by atoms with E-state index in [9.17, 15) is 4.79 Å². The van der Waals surface area contributed by atoms with E-state index in [0.29, 0.717) is 11.1 Å². The first-order valence-electron chi connectivity index (χ1n) is 7.58. The first-order valence-corrected chi connectivity index (χ1v) is 8.52. The quantitative estimate of drug-likeness (QED) is 0.578. The van der Waals surface area contributed by atoms with Crippen LogP contribution in [-0.2, 0) is 0 Å². The van der Waals surface area contributed by atoms with E-state index in [2.05, 4.69) is 15.5 Å². The van der Waals surface area contributed by atoms with Gasteiger partial charge in [0, 0.05) is 22.2 Å². The van der Waals surface area contributed by atoms with Crippen LogP contribution in [0.2, 0.25) is 0 Å². The SMILES string of the molecule is Cc1noc2c(Nc3ccc(C(N)=O)cc3)cc(-c3ccsc3)nc12. The Morgan fingerprint density at radius 1 is 1.24 bits per heavy atom. The van der Waals surface area contributed by atoms with Gasteiger partial charge in [0.1, 0.15) is 11.2 Å². The highest BCUT2D eigenvalue weighted by Gasteiger charge is 2.15. The molecule has 0 saturated carbocycles. The smallest absolute Gasteiger partial charge is 0.248 e. The number of benzene rings is 1. The Morgan fingerprint density at radius 3 is 2.72 bits per heavy atom. The summed E-state index contributed by atoms with van der Waals surface area (Å²) >= 11 is 1.62. The van der Waals surface area contributed by atoms with Crippen molar-refractivity contribution in [2.45, 2.75) is 6.92 Å². The number of nitrogens with zero attached hydrogens (tertiary/aromatic N) is 2. The Kier molecular flexibility index (Phi) is 3.70. The molecule has 0 fully saturated rings. The minimum Gasteiger partial charge on any atom is -0.366 e. The average Bonchev–Trinajstić information content (AvgIpc) is 3.26. The summed E-state index contributed by atoms with van der Waals surface area (Å²) in [6.07, 6.45) is 0. The van der Waals surface area contributed by atoms with Gasteiger partial charge in [-0.25, -0.2) is 4.98 Å². The second-order valence-electron chi connectivity index (χ2n) is 5.58. The van der Waals surface area contributed by atoms with Gasteiger partial charge in [-0.1, -0.05) is 5.16 Å². The van der Waals surface area contributed by atoms with Crippen molar-refractivity contribution in [2.24, 2.45) is 5.73 Å². The van der Waals surface area contributed by atoms with Crippen LogP contribution in [0.3, 0.4) is 0 Å². The lowest BCUT2D eigenvalue weighted by Crippen LogP contribution is -2.10. The molecule has 124 valence electrons. The molecule has 4 rings (SSSR count). The number of pyridine rings is 1. The molecule has 1 aromatic carbocycles. The Hall–Kier alpha value is -3.19. The fourth-order valence-corrected chi connectivity index (χ4v) is 3.20. The van der Waals surface area contributed by atoms with Crippen LogP contribution in [0.1, 0.15) is 16.1 Å². The molecular weight excluding hydrogens is 336 g/mol. The third-order valence-corrected chi connectivity index (χ3v) is 4.54. The summed E-state index contributed by atoms with van der Waals surface area (Å²) in [5.41, 5.74) is 11.2. The summed E-state index contributed by atoms with van der Waals surface area (Å²) in [7, 11) is 0. The summed E-state index contributed by atoms with van der Waals surface area (Å²) in [4.78, 5) is 15.9. The number of carbonyl (C=O) groups excluding carboxylic acids is 1. The van der Waals surface area contributed by atoms with Crippen molar-refractivity contribution in [1.29, 1.82) is 0 Å². The second kappa shape index (κ2) is 6.03. The third kappa shape index (κ3) is 2.85. The number of carbonyl (C=O) groups is 1. The molecule has 7 heteroatoms. The molecule has 6 nitrogen and oxygen atoms in total. The van der Waals surface area contributed by atoms with E-state index in [1.165, 1.54) is 0 Å². The van der Waals surface area contributed by atoms with Crippen LogP contribution in [0.25, 0.3) is 22.4 Å². The maximum absolute atomic E-state index is 11.2. The summed E-state index contributed by atoms with van der Waals surface area (Å²) < 4.78 is 5.44. The molecule has 0 aliphatic rings. The van der Waals surface area contributed by atoms with Gasteiger partial charge >= 0.3 is 0 Å². The van der Waals surface area contributed by atoms with Crippen molar-refractivity contribution in [3.8, 4) is 11.3 Å². The summed E-state index contributed by atoms with van der Waals surface area (Å²) in [5.74, 6) is -0.455. The number of anilines is 2. The number of aromatic nitrogens is 2. The van der Waals surface area contributed by atoms with Crippen LogP contribution in [0, 0.1) is 6.92 Å². The van der Waals surface area contributed by atoms with E-state index in [-0.39, 0.29) is 0 Å². The van der Waals surface area contributed by atoms with Gasteiger partial charge in [-0.05, 0) is 48.7 Å². The monoisotopic (exact) mass is 350 g/mol. The van der Waals surface area contributed by atoms with E-state index in [1.54, 1.807) is 35.6 Å². The molecule has 0 aliphatic carbocycles. The number of primary amides is 1. The number of fused-ring (bicyclic) bond motifs is 1. The Labute approximate surface area is 147 Å². The lowest BCUT2D eigenvalue weighted by Gasteiger charge is -2.09. The molecular formula is C18H14N4O2S. The lowest BCUT2D eigenvalue weighted by molar-refractivity contribution is 0.100. The predicted octanol–water partition coefficient (Wildman–Crippen LogP) is 4.10. The number of nitrogens with one attached hydrogen (secondary N) is 1. The van der Waals surface area contributed by atoms with Gasteiger partial charge in [-0.15, -0.1) is 0 Å². The minimum absolute atomic E-state index is 0.455. The second-order valence-corrected chi connectivity index (χ2v) is 6.36. The molecule has 0 radical (unpaired) electrons. The summed E-state index contributed by atoms with van der Waals surface area (Å²) in [6.45, 7) is 1.86. The first kappa shape index (κ1) is 15.3. The Bertz CT molecular complexity index is 1050. The van der Waals surface area contributed by atoms with Crippen LogP contribution >= 0.6 is 11.3 Å². The van der Waals surface area contributed by atoms with Crippen molar-refractivity contribution >= 4 is 39.7 Å². The number of hydrogen-bond acceptors (Lipinski definition) is 6. The molecule has 3 N–H and O–H groups in total. The van der Waals surface area contributed by atoms with Gasteiger partial charge in [0.15, 0.2) is 0 Å². The van der Waals surface area contributed by atoms with Crippen molar-refractivity contribution in [3.05, 3.63) is 58.4 Å². The molecule has 0 spiro atoms. The van der Waals surface area contributed by atoms with E-state index in [4.69, 9.17) is 10.3 Å². The zero-order chi connectivity index (χ0) is 17.4. The van der Waals surface area contributed by atoms with Crippen LogP contribution in [0.15, 0.2) is 51.7 Å². The van der Waals surface area contributed by atoms with Crippen LogP contribution in [0.5, 0.6) is 0 Å². The van der Waals surface area contributed by atoms with Crippen molar-refractivity contribution in [1.82, 2.24) is 10.1 Å². The van der Waals surface area contributed by atoms with E-state index < -0.39 is 5.91 Å². The van der Waals surface area contributed by atoms with Crippen LogP contribution in [0.4, 0.5) is 11.4 Å². The molecule has 0 saturated heterocycles. The third-order valence-electron chi connectivity index (χ3n) is 3.85. The zero-order valence-electron chi connectivity index (χ0n) is 13.3. The normalized spacial score (nSPS) is 10.9. The molecule has 0 atom stereocenters. The van der Waals surface area contributed by atoms with Crippen LogP contribution in [-0.4, -0.2) is 16.0 Å². The minimum atomic E-state index is -0.455. The topological polar surface area (TPSA) is 94.0 Å². The maximum atomic E-state index is 11.2.